The molecule has 0 aliphatic rings. The standard InChI is InChI=1S/C14H13N7OS2/c1-2-10(24-5-1)6-16-12-11(15-4-3-9-7-23-8-17-9)18-13-14(19-12)21-22-20-13/h1-2,5,7-8H,3-4,6H2,(H,15,18,20)(H,16,19,21). The molecule has 4 rings (SSSR count). The lowest BCUT2D eigenvalue weighted by molar-refractivity contribution is 0.314. The van der Waals surface area contributed by atoms with Gasteiger partial charge in [-0.05, 0) is 21.8 Å². The number of anilines is 2. The van der Waals surface area contributed by atoms with Gasteiger partial charge in [0.05, 0.1) is 17.7 Å². The molecule has 0 unspecified atom stereocenters. The fraction of sp³-hybridized carbons (Fsp3) is 0.214. The van der Waals surface area contributed by atoms with Crippen molar-refractivity contribution in [3.8, 4) is 0 Å². The van der Waals surface area contributed by atoms with Crippen molar-refractivity contribution in [1.29, 1.82) is 0 Å². The van der Waals surface area contributed by atoms with Crippen LogP contribution in [0.1, 0.15) is 10.6 Å². The van der Waals surface area contributed by atoms with Gasteiger partial charge in [0, 0.05) is 23.2 Å². The van der Waals surface area contributed by atoms with Crippen molar-refractivity contribution in [3.05, 3.63) is 39.0 Å². The molecule has 0 spiro atoms. The van der Waals surface area contributed by atoms with E-state index in [1.165, 1.54) is 4.88 Å². The Morgan fingerprint density at radius 1 is 1.08 bits per heavy atom. The van der Waals surface area contributed by atoms with Gasteiger partial charge in [-0.25, -0.2) is 19.6 Å². The van der Waals surface area contributed by atoms with Crippen molar-refractivity contribution in [2.24, 2.45) is 0 Å². The highest BCUT2D eigenvalue weighted by Gasteiger charge is 2.12. The maximum Gasteiger partial charge on any atom is 0.245 e. The minimum atomic E-state index is 0.382. The average Bonchev–Trinajstić information content (AvgIpc) is 3.34. The number of thiophene rings is 1. The Morgan fingerprint density at radius 2 is 1.92 bits per heavy atom. The predicted octanol–water partition coefficient (Wildman–Crippen LogP) is 2.80. The van der Waals surface area contributed by atoms with Gasteiger partial charge in [-0.15, -0.1) is 22.7 Å². The van der Waals surface area contributed by atoms with Crippen LogP contribution in [0.3, 0.4) is 0 Å². The van der Waals surface area contributed by atoms with Gasteiger partial charge >= 0.3 is 0 Å². The Labute approximate surface area is 144 Å². The largest absolute Gasteiger partial charge is 0.367 e. The maximum absolute atomic E-state index is 4.70. The van der Waals surface area contributed by atoms with Crippen LogP contribution >= 0.6 is 22.7 Å². The molecule has 8 nitrogen and oxygen atoms in total. The summed E-state index contributed by atoms with van der Waals surface area (Å²) in [6.45, 7) is 1.37. The van der Waals surface area contributed by atoms with Crippen LogP contribution in [0.15, 0.2) is 33.0 Å². The zero-order chi connectivity index (χ0) is 16.2. The molecular weight excluding hydrogens is 346 g/mol. The molecule has 122 valence electrons. The Hall–Kier alpha value is -2.59. The molecule has 0 saturated heterocycles. The van der Waals surface area contributed by atoms with E-state index < -0.39 is 0 Å². The number of nitrogens with zero attached hydrogens (tertiary/aromatic N) is 5. The van der Waals surface area contributed by atoms with E-state index in [-0.39, 0.29) is 0 Å². The fourth-order valence-electron chi connectivity index (χ4n) is 2.14. The van der Waals surface area contributed by atoms with E-state index in [2.05, 4.69) is 42.0 Å². The first kappa shape index (κ1) is 15.0. The van der Waals surface area contributed by atoms with Gasteiger partial charge < -0.3 is 10.6 Å². The minimum Gasteiger partial charge on any atom is -0.367 e. The van der Waals surface area contributed by atoms with Crippen molar-refractivity contribution in [1.82, 2.24) is 25.3 Å². The van der Waals surface area contributed by atoms with E-state index in [4.69, 9.17) is 4.63 Å². The van der Waals surface area contributed by atoms with Gasteiger partial charge in [-0.1, -0.05) is 6.07 Å². The third-order valence-electron chi connectivity index (χ3n) is 3.28. The van der Waals surface area contributed by atoms with Crippen LogP contribution in [-0.2, 0) is 13.0 Å². The normalized spacial score (nSPS) is 11.0. The number of hydrogen-bond donors (Lipinski definition) is 2. The Morgan fingerprint density at radius 3 is 2.62 bits per heavy atom. The summed E-state index contributed by atoms with van der Waals surface area (Å²) in [6, 6.07) is 4.09. The van der Waals surface area contributed by atoms with Gasteiger partial charge in [0.25, 0.3) is 0 Å². The van der Waals surface area contributed by atoms with Crippen LogP contribution in [0.2, 0.25) is 0 Å². The average molecular weight is 359 g/mol. The number of aromatic nitrogens is 5. The second-order valence-corrected chi connectivity index (χ2v) is 6.67. The van der Waals surface area contributed by atoms with Crippen molar-refractivity contribution in [2.75, 3.05) is 17.2 Å². The van der Waals surface area contributed by atoms with Crippen molar-refractivity contribution in [2.45, 2.75) is 13.0 Å². The first-order valence-electron chi connectivity index (χ1n) is 7.26. The summed E-state index contributed by atoms with van der Waals surface area (Å²) in [6.07, 6.45) is 0.810. The van der Waals surface area contributed by atoms with Crippen LogP contribution in [0.25, 0.3) is 11.3 Å². The lowest BCUT2D eigenvalue weighted by atomic mass is 10.3. The number of hydrogen-bond acceptors (Lipinski definition) is 10. The molecule has 0 radical (unpaired) electrons. The molecule has 0 saturated carbocycles. The van der Waals surface area contributed by atoms with Crippen LogP contribution in [0.5, 0.6) is 0 Å². The summed E-state index contributed by atoms with van der Waals surface area (Å²) < 4.78 is 4.70. The van der Waals surface area contributed by atoms with E-state index >= 15 is 0 Å². The van der Waals surface area contributed by atoms with Crippen molar-refractivity contribution < 1.29 is 4.63 Å². The van der Waals surface area contributed by atoms with Crippen molar-refractivity contribution >= 4 is 45.6 Å². The molecular formula is C14H13N7OS2. The molecule has 4 aromatic rings. The second-order valence-electron chi connectivity index (χ2n) is 4.92. The molecule has 0 fully saturated rings. The molecule has 24 heavy (non-hydrogen) atoms. The molecule has 10 heteroatoms. The van der Waals surface area contributed by atoms with Crippen LogP contribution < -0.4 is 10.6 Å². The number of nitrogens with one attached hydrogen (secondary N) is 2. The van der Waals surface area contributed by atoms with E-state index in [1.807, 2.05) is 22.3 Å². The predicted molar refractivity (Wildman–Crippen MR) is 93.3 cm³/mol. The molecule has 0 amide bonds. The topological polar surface area (TPSA) is 102 Å². The fourth-order valence-corrected chi connectivity index (χ4v) is 3.38. The maximum atomic E-state index is 4.70. The van der Waals surface area contributed by atoms with E-state index in [0.717, 1.165) is 12.1 Å². The number of rotatable bonds is 7. The lowest BCUT2D eigenvalue weighted by Crippen LogP contribution is -2.11. The quantitative estimate of drug-likeness (QED) is 0.519. The zero-order valence-electron chi connectivity index (χ0n) is 12.5. The second kappa shape index (κ2) is 6.89. The number of thiazole rings is 1. The molecule has 0 aromatic carbocycles. The molecule has 4 heterocycles. The summed E-state index contributed by atoms with van der Waals surface area (Å²) in [5, 5.41) is 18.2. The summed E-state index contributed by atoms with van der Waals surface area (Å²) >= 11 is 3.27. The van der Waals surface area contributed by atoms with Crippen molar-refractivity contribution in [3.63, 3.8) is 0 Å². The molecule has 0 aliphatic heterocycles. The Bertz CT molecular complexity index is 905. The molecule has 4 aromatic heterocycles. The highest BCUT2D eigenvalue weighted by molar-refractivity contribution is 7.09. The third-order valence-corrected chi connectivity index (χ3v) is 4.79. The van der Waals surface area contributed by atoms with Crippen LogP contribution in [-0.4, -0.2) is 31.8 Å². The van der Waals surface area contributed by atoms with E-state index in [0.29, 0.717) is 36.0 Å². The summed E-state index contributed by atoms with van der Waals surface area (Å²) in [5.41, 5.74) is 3.65. The molecule has 0 aliphatic carbocycles. The van der Waals surface area contributed by atoms with Gasteiger partial charge in [0.15, 0.2) is 11.6 Å². The highest BCUT2D eigenvalue weighted by Crippen LogP contribution is 2.21. The Kier molecular flexibility index (Phi) is 4.30. The van der Waals surface area contributed by atoms with Gasteiger partial charge in [-0.3, -0.25) is 0 Å². The lowest BCUT2D eigenvalue weighted by Gasteiger charge is -2.10. The Balaban J connectivity index is 1.51. The zero-order valence-corrected chi connectivity index (χ0v) is 14.1. The monoisotopic (exact) mass is 359 g/mol. The molecule has 0 atom stereocenters. The van der Waals surface area contributed by atoms with Gasteiger partial charge in [-0.2, -0.15) is 0 Å². The molecule has 0 bridgehead atoms. The first-order valence-corrected chi connectivity index (χ1v) is 9.08. The van der Waals surface area contributed by atoms with E-state index in [1.54, 1.807) is 22.7 Å². The number of fused-ring (bicyclic) bond motifs is 1. The smallest absolute Gasteiger partial charge is 0.245 e. The minimum absolute atomic E-state index is 0.382. The summed E-state index contributed by atoms with van der Waals surface area (Å²) in [5.74, 6) is 1.26. The highest BCUT2D eigenvalue weighted by atomic mass is 32.1. The summed E-state index contributed by atoms with van der Waals surface area (Å²) in [7, 11) is 0. The SMILES string of the molecule is c1csc(CNc2nc3nonc3nc2NCCc2cscn2)c1. The van der Waals surface area contributed by atoms with Crippen LogP contribution in [0, 0.1) is 0 Å². The summed E-state index contributed by atoms with van der Waals surface area (Å²) in [4.78, 5) is 14.4. The third kappa shape index (κ3) is 3.34. The molecule has 2 N–H and O–H groups in total. The first-order chi connectivity index (χ1) is 11.9. The van der Waals surface area contributed by atoms with Gasteiger partial charge in [0.1, 0.15) is 0 Å². The van der Waals surface area contributed by atoms with E-state index in [9.17, 15) is 0 Å². The van der Waals surface area contributed by atoms with Crippen LogP contribution in [0.4, 0.5) is 11.6 Å². The van der Waals surface area contributed by atoms with Gasteiger partial charge in [0.2, 0.25) is 11.3 Å².